The van der Waals surface area contributed by atoms with Gasteiger partial charge in [-0.25, -0.2) is 0 Å². The first-order chi connectivity index (χ1) is 9.47. The molecule has 106 valence electrons. The molecule has 4 nitrogen and oxygen atoms in total. The van der Waals surface area contributed by atoms with E-state index in [1.54, 1.807) is 19.0 Å². The van der Waals surface area contributed by atoms with Gasteiger partial charge in [0.15, 0.2) is 0 Å². The summed E-state index contributed by atoms with van der Waals surface area (Å²) in [5.74, 6) is 0.0211. The Labute approximate surface area is 120 Å². The fraction of sp³-hybridized carbons (Fsp3) is 0.312. The van der Waals surface area contributed by atoms with Crippen molar-refractivity contribution >= 4 is 11.6 Å². The molecule has 2 aromatic rings. The molecule has 2 rings (SSSR count). The Kier molecular flexibility index (Phi) is 4.13. The number of benzene rings is 1. The van der Waals surface area contributed by atoms with E-state index in [0.717, 1.165) is 17.8 Å². The first-order valence-electron chi connectivity index (χ1n) is 6.64. The molecule has 1 heterocycles. The Morgan fingerprint density at radius 1 is 1.30 bits per heavy atom. The standard InChI is InChI=1S/C16H21N3O/c1-12-5-6-14(16(20)18(2)3)9-15(12)17-10-13-7-8-19(4)11-13/h5-9,11,17H,10H2,1-4H3. The molecule has 0 aliphatic rings. The lowest BCUT2D eigenvalue weighted by Gasteiger charge is -2.14. The van der Waals surface area contributed by atoms with Crippen LogP contribution in [-0.2, 0) is 13.6 Å². The lowest BCUT2D eigenvalue weighted by atomic mass is 10.1. The first-order valence-corrected chi connectivity index (χ1v) is 6.64. The minimum Gasteiger partial charge on any atom is -0.381 e. The highest BCUT2D eigenvalue weighted by Gasteiger charge is 2.09. The summed E-state index contributed by atoms with van der Waals surface area (Å²) in [7, 11) is 5.53. The van der Waals surface area contributed by atoms with E-state index in [9.17, 15) is 4.79 Å². The molecule has 0 aliphatic carbocycles. The Bertz CT molecular complexity index is 614. The summed E-state index contributed by atoms with van der Waals surface area (Å²) in [6.45, 7) is 2.79. The predicted molar refractivity (Wildman–Crippen MR) is 81.9 cm³/mol. The van der Waals surface area contributed by atoms with E-state index in [0.29, 0.717) is 5.56 Å². The molecule has 0 saturated heterocycles. The Morgan fingerprint density at radius 2 is 2.05 bits per heavy atom. The summed E-state index contributed by atoms with van der Waals surface area (Å²) in [6.07, 6.45) is 4.10. The summed E-state index contributed by atoms with van der Waals surface area (Å²) in [4.78, 5) is 13.6. The molecular formula is C16H21N3O. The third-order valence-corrected chi connectivity index (χ3v) is 3.27. The minimum absolute atomic E-state index is 0.0211. The van der Waals surface area contributed by atoms with Crippen LogP contribution in [0, 0.1) is 6.92 Å². The summed E-state index contributed by atoms with van der Waals surface area (Å²) in [6, 6.07) is 7.84. The Morgan fingerprint density at radius 3 is 2.65 bits per heavy atom. The van der Waals surface area contributed by atoms with Gasteiger partial charge in [0.05, 0.1) is 0 Å². The van der Waals surface area contributed by atoms with Gasteiger partial charge in [0, 0.05) is 51.3 Å². The monoisotopic (exact) mass is 271 g/mol. The number of aromatic nitrogens is 1. The number of rotatable bonds is 4. The van der Waals surface area contributed by atoms with Crippen molar-refractivity contribution in [1.82, 2.24) is 9.47 Å². The Balaban J connectivity index is 2.14. The van der Waals surface area contributed by atoms with Crippen LogP contribution >= 0.6 is 0 Å². The number of carbonyl (C=O) groups is 1. The second-order valence-corrected chi connectivity index (χ2v) is 5.27. The average Bonchev–Trinajstić information content (AvgIpc) is 2.82. The van der Waals surface area contributed by atoms with Gasteiger partial charge in [0.1, 0.15) is 0 Å². The third kappa shape index (κ3) is 3.20. The molecule has 1 aromatic heterocycles. The van der Waals surface area contributed by atoms with Crippen LogP contribution in [0.5, 0.6) is 0 Å². The van der Waals surface area contributed by atoms with Crippen LogP contribution in [0.3, 0.4) is 0 Å². The second kappa shape index (κ2) is 5.82. The zero-order valence-electron chi connectivity index (χ0n) is 12.5. The van der Waals surface area contributed by atoms with Crippen LogP contribution in [0.1, 0.15) is 21.5 Å². The van der Waals surface area contributed by atoms with Crippen molar-refractivity contribution in [2.45, 2.75) is 13.5 Å². The van der Waals surface area contributed by atoms with Crippen molar-refractivity contribution in [3.63, 3.8) is 0 Å². The fourth-order valence-corrected chi connectivity index (χ4v) is 2.07. The fourth-order valence-electron chi connectivity index (χ4n) is 2.07. The van der Waals surface area contributed by atoms with Gasteiger partial charge in [-0.3, -0.25) is 4.79 Å². The molecule has 0 radical (unpaired) electrons. The third-order valence-electron chi connectivity index (χ3n) is 3.27. The molecule has 0 saturated carbocycles. The predicted octanol–water partition coefficient (Wildman–Crippen LogP) is 2.65. The lowest BCUT2D eigenvalue weighted by Crippen LogP contribution is -2.21. The van der Waals surface area contributed by atoms with Gasteiger partial charge < -0.3 is 14.8 Å². The van der Waals surface area contributed by atoms with Crippen molar-refractivity contribution in [2.75, 3.05) is 19.4 Å². The summed E-state index contributed by atoms with van der Waals surface area (Å²) in [5, 5.41) is 3.39. The molecule has 0 fully saturated rings. The SMILES string of the molecule is Cc1ccc(C(=O)N(C)C)cc1NCc1ccn(C)c1. The van der Waals surface area contributed by atoms with Gasteiger partial charge in [-0.2, -0.15) is 0 Å². The number of nitrogens with one attached hydrogen (secondary N) is 1. The number of nitrogens with zero attached hydrogens (tertiary/aromatic N) is 2. The number of carbonyl (C=O) groups excluding carboxylic acids is 1. The molecule has 20 heavy (non-hydrogen) atoms. The summed E-state index contributed by atoms with van der Waals surface area (Å²) in [5.41, 5.74) is 4.06. The van der Waals surface area contributed by atoms with Gasteiger partial charge >= 0.3 is 0 Å². The molecular weight excluding hydrogens is 250 g/mol. The van der Waals surface area contributed by atoms with Crippen LogP contribution in [-0.4, -0.2) is 29.5 Å². The number of aryl methyl sites for hydroxylation is 2. The normalized spacial score (nSPS) is 10.4. The molecule has 4 heteroatoms. The smallest absolute Gasteiger partial charge is 0.253 e. The van der Waals surface area contributed by atoms with Crippen LogP contribution in [0.25, 0.3) is 0 Å². The zero-order chi connectivity index (χ0) is 14.7. The van der Waals surface area contributed by atoms with Gasteiger partial charge in [0.2, 0.25) is 0 Å². The van der Waals surface area contributed by atoms with Gasteiger partial charge in [0.25, 0.3) is 5.91 Å². The van der Waals surface area contributed by atoms with E-state index in [2.05, 4.69) is 17.6 Å². The second-order valence-electron chi connectivity index (χ2n) is 5.27. The summed E-state index contributed by atoms with van der Waals surface area (Å²) >= 11 is 0. The number of amides is 1. The quantitative estimate of drug-likeness (QED) is 0.928. The first kappa shape index (κ1) is 14.2. The molecule has 1 aromatic carbocycles. The number of anilines is 1. The van der Waals surface area contributed by atoms with E-state index in [1.807, 2.05) is 42.9 Å². The lowest BCUT2D eigenvalue weighted by molar-refractivity contribution is 0.0827. The van der Waals surface area contributed by atoms with Gasteiger partial charge in [-0.1, -0.05) is 6.07 Å². The molecule has 0 aliphatic heterocycles. The Hall–Kier alpha value is -2.23. The molecule has 0 unspecified atom stereocenters. The van der Waals surface area contributed by atoms with E-state index in [-0.39, 0.29) is 5.91 Å². The van der Waals surface area contributed by atoms with Crippen molar-refractivity contribution in [3.05, 3.63) is 53.3 Å². The minimum atomic E-state index is 0.0211. The highest BCUT2D eigenvalue weighted by atomic mass is 16.2. The van der Waals surface area contributed by atoms with E-state index in [1.165, 1.54) is 5.56 Å². The average molecular weight is 271 g/mol. The van der Waals surface area contributed by atoms with E-state index in [4.69, 9.17) is 0 Å². The maximum Gasteiger partial charge on any atom is 0.253 e. The van der Waals surface area contributed by atoms with Gasteiger partial charge in [-0.15, -0.1) is 0 Å². The topological polar surface area (TPSA) is 37.3 Å². The van der Waals surface area contributed by atoms with Crippen molar-refractivity contribution in [3.8, 4) is 0 Å². The van der Waals surface area contributed by atoms with Crippen molar-refractivity contribution in [2.24, 2.45) is 7.05 Å². The van der Waals surface area contributed by atoms with Crippen molar-refractivity contribution < 1.29 is 4.79 Å². The van der Waals surface area contributed by atoms with Crippen molar-refractivity contribution in [1.29, 1.82) is 0 Å². The molecule has 1 amide bonds. The van der Waals surface area contributed by atoms with Crippen LogP contribution in [0.4, 0.5) is 5.69 Å². The van der Waals surface area contributed by atoms with Crippen LogP contribution in [0.2, 0.25) is 0 Å². The molecule has 1 N–H and O–H groups in total. The molecule has 0 atom stereocenters. The maximum absolute atomic E-state index is 12.0. The number of hydrogen-bond donors (Lipinski definition) is 1. The molecule has 0 spiro atoms. The van der Waals surface area contributed by atoms with Crippen LogP contribution < -0.4 is 5.32 Å². The summed E-state index contributed by atoms with van der Waals surface area (Å²) < 4.78 is 2.02. The molecule has 0 bridgehead atoms. The highest BCUT2D eigenvalue weighted by molar-refractivity contribution is 5.95. The largest absolute Gasteiger partial charge is 0.381 e. The zero-order valence-corrected chi connectivity index (χ0v) is 12.5. The number of hydrogen-bond acceptors (Lipinski definition) is 2. The van der Waals surface area contributed by atoms with E-state index < -0.39 is 0 Å². The van der Waals surface area contributed by atoms with E-state index >= 15 is 0 Å². The highest BCUT2D eigenvalue weighted by Crippen LogP contribution is 2.18. The van der Waals surface area contributed by atoms with Gasteiger partial charge in [-0.05, 0) is 36.2 Å². The van der Waals surface area contributed by atoms with Crippen LogP contribution in [0.15, 0.2) is 36.7 Å². The maximum atomic E-state index is 12.0.